The highest BCUT2D eigenvalue weighted by molar-refractivity contribution is 9.10. The lowest BCUT2D eigenvalue weighted by Gasteiger charge is -2.27. The van der Waals surface area contributed by atoms with Crippen LogP contribution in [-0.4, -0.2) is 15.9 Å². The van der Waals surface area contributed by atoms with Crippen LogP contribution in [0.1, 0.15) is 38.2 Å². The molecular weight excluding hydrogens is 310 g/mol. The number of nitro groups is 1. The number of rotatable bonds is 3. The third-order valence-corrected chi connectivity index (χ3v) is 4.76. The molecule has 1 aliphatic carbocycles. The Morgan fingerprint density at radius 3 is 2.63 bits per heavy atom. The van der Waals surface area contributed by atoms with Gasteiger partial charge in [0.2, 0.25) is 0 Å². The molecule has 1 heterocycles. The summed E-state index contributed by atoms with van der Waals surface area (Å²) in [6.07, 6.45) is 6.03. The fourth-order valence-corrected chi connectivity index (χ4v) is 2.87. The second-order valence-electron chi connectivity index (χ2n) is 5.29. The zero-order chi connectivity index (χ0) is 14.0. The van der Waals surface area contributed by atoms with Crippen LogP contribution in [0.25, 0.3) is 0 Å². The number of halogens is 1. The highest BCUT2D eigenvalue weighted by atomic mass is 79.9. The van der Waals surface area contributed by atoms with Gasteiger partial charge in [-0.25, -0.2) is 4.98 Å². The number of aromatic nitrogens is 1. The van der Waals surface area contributed by atoms with Crippen LogP contribution in [0.2, 0.25) is 0 Å². The van der Waals surface area contributed by atoms with E-state index in [1.807, 2.05) is 0 Å². The van der Waals surface area contributed by atoms with Crippen molar-refractivity contribution in [3.63, 3.8) is 0 Å². The summed E-state index contributed by atoms with van der Waals surface area (Å²) in [5, 5.41) is 14.2. The lowest BCUT2D eigenvalue weighted by atomic mass is 9.87. The summed E-state index contributed by atoms with van der Waals surface area (Å²) in [7, 11) is 0. The summed E-state index contributed by atoms with van der Waals surface area (Å²) in [4.78, 5) is 14.6. The number of hydrogen-bond acceptors (Lipinski definition) is 4. The van der Waals surface area contributed by atoms with Crippen molar-refractivity contribution < 1.29 is 4.92 Å². The molecule has 0 bridgehead atoms. The van der Waals surface area contributed by atoms with Gasteiger partial charge in [-0.15, -0.1) is 0 Å². The Bertz CT molecular complexity index is 485. The molecule has 2 rings (SSSR count). The molecule has 0 spiro atoms. The standard InChI is InChI=1S/C13H18BrN3O2/c1-8-3-5-10(6-4-8)16-13-12(14)9(2)11(7-15-13)17(18)19/h7-8,10H,3-6H2,1-2H3,(H,15,16). The molecule has 1 aromatic rings. The van der Waals surface area contributed by atoms with E-state index < -0.39 is 4.92 Å². The molecule has 1 fully saturated rings. The Labute approximate surface area is 121 Å². The quantitative estimate of drug-likeness (QED) is 0.671. The Kier molecular flexibility index (Phi) is 4.39. The van der Waals surface area contributed by atoms with E-state index in [1.54, 1.807) is 6.92 Å². The van der Waals surface area contributed by atoms with Gasteiger partial charge in [-0.05, 0) is 54.5 Å². The zero-order valence-electron chi connectivity index (χ0n) is 11.1. The van der Waals surface area contributed by atoms with E-state index in [2.05, 4.69) is 33.2 Å². The molecule has 1 saturated carbocycles. The molecule has 1 aliphatic rings. The minimum Gasteiger partial charge on any atom is -0.366 e. The van der Waals surface area contributed by atoms with E-state index in [1.165, 1.54) is 19.0 Å². The number of nitrogens with one attached hydrogen (secondary N) is 1. The van der Waals surface area contributed by atoms with Crippen LogP contribution in [0.5, 0.6) is 0 Å². The van der Waals surface area contributed by atoms with Crippen molar-refractivity contribution in [1.82, 2.24) is 4.98 Å². The molecule has 0 aromatic carbocycles. The highest BCUT2D eigenvalue weighted by Crippen LogP contribution is 2.33. The largest absolute Gasteiger partial charge is 0.366 e. The molecule has 0 atom stereocenters. The molecule has 6 heteroatoms. The first-order valence-electron chi connectivity index (χ1n) is 6.55. The van der Waals surface area contributed by atoms with E-state index in [0.717, 1.165) is 18.8 Å². The van der Waals surface area contributed by atoms with Gasteiger partial charge in [-0.3, -0.25) is 10.1 Å². The van der Waals surface area contributed by atoms with Gasteiger partial charge < -0.3 is 5.32 Å². The zero-order valence-corrected chi connectivity index (χ0v) is 12.7. The van der Waals surface area contributed by atoms with Crippen molar-refractivity contribution in [3.8, 4) is 0 Å². The summed E-state index contributed by atoms with van der Waals surface area (Å²) in [5.74, 6) is 1.51. The normalized spacial score (nSPS) is 23.1. The van der Waals surface area contributed by atoms with Gasteiger partial charge in [0, 0.05) is 11.6 Å². The second-order valence-corrected chi connectivity index (χ2v) is 6.08. The first-order valence-corrected chi connectivity index (χ1v) is 7.34. The Hall–Kier alpha value is -1.17. The summed E-state index contributed by atoms with van der Waals surface area (Å²) in [5.41, 5.74) is 0.668. The van der Waals surface area contributed by atoms with Gasteiger partial charge in [-0.2, -0.15) is 0 Å². The lowest BCUT2D eigenvalue weighted by Crippen LogP contribution is -2.26. The highest BCUT2D eigenvalue weighted by Gasteiger charge is 2.21. The average Bonchev–Trinajstić information content (AvgIpc) is 2.37. The van der Waals surface area contributed by atoms with E-state index in [9.17, 15) is 10.1 Å². The fraction of sp³-hybridized carbons (Fsp3) is 0.615. The Balaban J connectivity index is 2.13. The smallest absolute Gasteiger partial charge is 0.291 e. The van der Waals surface area contributed by atoms with Gasteiger partial charge in [0.05, 0.1) is 9.40 Å². The molecule has 0 amide bonds. The summed E-state index contributed by atoms with van der Waals surface area (Å²) in [6, 6.07) is 0.417. The minimum absolute atomic E-state index is 0.0506. The van der Waals surface area contributed by atoms with E-state index in [-0.39, 0.29) is 5.69 Å². The predicted molar refractivity (Wildman–Crippen MR) is 78.4 cm³/mol. The van der Waals surface area contributed by atoms with Crippen molar-refractivity contribution in [2.24, 2.45) is 5.92 Å². The van der Waals surface area contributed by atoms with Crippen LogP contribution >= 0.6 is 15.9 Å². The van der Waals surface area contributed by atoms with Crippen LogP contribution < -0.4 is 5.32 Å². The second kappa shape index (κ2) is 5.86. The van der Waals surface area contributed by atoms with E-state index in [4.69, 9.17) is 0 Å². The number of nitrogens with zero attached hydrogens (tertiary/aromatic N) is 2. The van der Waals surface area contributed by atoms with Gasteiger partial charge in [0.1, 0.15) is 12.0 Å². The molecule has 0 unspecified atom stereocenters. The first kappa shape index (κ1) is 14.2. The van der Waals surface area contributed by atoms with Gasteiger partial charge in [0.25, 0.3) is 5.69 Å². The molecule has 1 N–H and O–H groups in total. The van der Waals surface area contributed by atoms with Gasteiger partial charge >= 0.3 is 0 Å². The predicted octanol–water partition coefficient (Wildman–Crippen LogP) is 4.05. The van der Waals surface area contributed by atoms with Crippen molar-refractivity contribution in [1.29, 1.82) is 0 Å². The summed E-state index contributed by atoms with van der Waals surface area (Å²) >= 11 is 3.41. The van der Waals surface area contributed by atoms with Crippen LogP contribution in [0.15, 0.2) is 10.7 Å². The molecule has 104 valence electrons. The third kappa shape index (κ3) is 3.23. The van der Waals surface area contributed by atoms with Crippen molar-refractivity contribution in [2.45, 2.75) is 45.6 Å². The molecule has 0 saturated heterocycles. The van der Waals surface area contributed by atoms with Crippen LogP contribution in [0, 0.1) is 23.0 Å². The van der Waals surface area contributed by atoms with Gasteiger partial charge in [-0.1, -0.05) is 6.92 Å². The van der Waals surface area contributed by atoms with Crippen LogP contribution in [-0.2, 0) is 0 Å². The summed E-state index contributed by atoms with van der Waals surface area (Å²) in [6.45, 7) is 4.01. The van der Waals surface area contributed by atoms with Crippen LogP contribution in [0.4, 0.5) is 11.5 Å². The average molecular weight is 328 g/mol. The molecular formula is C13H18BrN3O2. The molecule has 19 heavy (non-hydrogen) atoms. The maximum absolute atomic E-state index is 10.8. The number of anilines is 1. The topological polar surface area (TPSA) is 68.1 Å². The molecule has 0 radical (unpaired) electrons. The molecule has 1 aromatic heterocycles. The monoisotopic (exact) mass is 327 g/mol. The van der Waals surface area contributed by atoms with Crippen molar-refractivity contribution >= 4 is 27.4 Å². The number of hydrogen-bond donors (Lipinski definition) is 1. The molecule has 5 nitrogen and oxygen atoms in total. The SMILES string of the molecule is Cc1c([N+](=O)[O-])cnc(NC2CCC(C)CC2)c1Br. The maximum Gasteiger partial charge on any atom is 0.291 e. The molecule has 0 aliphatic heterocycles. The van der Waals surface area contributed by atoms with E-state index >= 15 is 0 Å². The van der Waals surface area contributed by atoms with Crippen molar-refractivity contribution in [3.05, 3.63) is 26.3 Å². The minimum atomic E-state index is -0.404. The van der Waals surface area contributed by atoms with Crippen molar-refractivity contribution in [2.75, 3.05) is 5.32 Å². The maximum atomic E-state index is 10.8. The third-order valence-electron chi connectivity index (χ3n) is 3.79. The lowest BCUT2D eigenvalue weighted by molar-refractivity contribution is -0.385. The fourth-order valence-electron chi connectivity index (χ4n) is 2.45. The first-order chi connectivity index (χ1) is 8.99. The van der Waals surface area contributed by atoms with Crippen LogP contribution in [0.3, 0.4) is 0 Å². The number of pyridine rings is 1. The summed E-state index contributed by atoms with van der Waals surface area (Å²) < 4.78 is 0.695. The van der Waals surface area contributed by atoms with Gasteiger partial charge in [0.15, 0.2) is 0 Å². The van der Waals surface area contributed by atoms with E-state index in [0.29, 0.717) is 21.9 Å². The Morgan fingerprint density at radius 1 is 1.42 bits per heavy atom. The Morgan fingerprint density at radius 2 is 2.05 bits per heavy atom.